The quantitative estimate of drug-likeness (QED) is 0.912. The lowest BCUT2D eigenvalue weighted by Gasteiger charge is -2.21. The molecule has 0 aliphatic carbocycles. The Balaban J connectivity index is 1.70. The molecule has 4 nitrogen and oxygen atoms in total. The lowest BCUT2D eigenvalue weighted by Crippen LogP contribution is -2.26. The highest BCUT2D eigenvalue weighted by molar-refractivity contribution is 5.95. The third-order valence-electron chi connectivity index (χ3n) is 3.69. The zero-order valence-electron chi connectivity index (χ0n) is 12.2. The fraction of sp³-hybridized carbons (Fsp3) is 0.235. The van der Waals surface area contributed by atoms with Crippen LogP contribution in [0.3, 0.4) is 0 Å². The zero-order chi connectivity index (χ0) is 15.5. The molecule has 1 unspecified atom stereocenters. The molecule has 2 aromatic carbocycles. The number of halogens is 1. The van der Waals surface area contributed by atoms with E-state index < -0.39 is 0 Å². The Labute approximate surface area is 128 Å². The molecule has 2 aromatic rings. The molecule has 0 aromatic heterocycles. The van der Waals surface area contributed by atoms with Crippen LogP contribution in [0.1, 0.15) is 24.1 Å². The van der Waals surface area contributed by atoms with Crippen LogP contribution in [0.4, 0.5) is 10.1 Å². The fourth-order valence-electron chi connectivity index (χ4n) is 2.39. The number of anilines is 1. The Morgan fingerprint density at radius 1 is 1.32 bits per heavy atom. The van der Waals surface area contributed by atoms with Gasteiger partial charge in [0.05, 0.1) is 5.69 Å². The third-order valence-corrected chi connectivity index (χ3v) is 3.69. The van der Waals surface area contributed by atoms with Gasteiger partial charge >= 0.3 is 0 Å². The number of fused-ring (bicyclic) bond motifs is 1. The maximum atomic E-state index is 13.6. The third kappa shape index (κ3) is 3.09. The number of ether oxygens (including phenoxy) is 1. The molecule has 1 atom stereocenters. The van der Waals surface area contributed by atoms with Crippen LogP contribution in [0.25, 0.3) is 0 Å². The van der Waals surface area contributed by atoms with Crippen molar-refractivity contribution in [2.24, 2.45) is 0 Å². The van der Waals surface area contributed by atoms with E-state index in [1.165, 1.54) is 6.07 Å². The van der Waals surface area contributed by atoms with Crippen LogP contribution in [0.2, 0.25) is 0 Å². The molecule has 0 saturated carbocycles. The summed E-state index contributed by atoms with van der Waals surface area (Å²) < 4.78 is 18.9. The summed E-state index contributed by atoms with van der Waals surface area (Å²) in [5, 5.41) is 6.07. The molecule has 22 heavy (non-hydrogen) atoms. The molecular weight excluding hydrogens is 283 g/mol. The number of hydrogen-bond acceptors (Lipinski definition) is 3. The first-order chi connectivity index (χ1) is 10.6. The summed E-state index contributed by atoms with van der Waals surface area (Å²) in [6.07, 6.45) is 0. The van der Waals surface area contributed by atoms with Crippen molar-refractivity contribution in [2.75, 3.05) is 11.9 Å². The topological polar surface area (TPSA) is 50.4 Å². The molecule has 3 rings (SSSR count). The van der Waals surface area contributed by atoms with Crippen LogP contribution in [-0.4, -0.2) is 12.5 Å². The first-order valence-corrected chi connectivity index (χ1v) is 7.17. The molecule has 0 spiro atoms. The molecule has 5 heteroatoms. The van der Waals surface area contributed by atoms with Gasteiger partial charge in [-0.2, -0.15) is 0 Å². The van der Waals surface area contributed by atoms with Crippen molar-refractivity contribution in [1.29, 1.82) is 0 Å². The van der Waals surface area contributed by atoms with E-state index >= 15 is 0 Å². The van der Waals surface area contributed by atoms with E-state index in [1.807, 2.05) is 31.2 Å². The number of hydrogen-bond donors (Lipinski definition) is 2. The average Bonchev–Trinajstić information content (AvgIpc) is 2.53. The maximum absolute atomic E-state index is 13.6. The first kappa shape index (κ1) is 14.5. The van der Waals surface area contributed by atoms with E-state index in [9.17, 15) is 9.18 Å². The van der Waals surface area contributed by atoms with Crippen molar-refractivity contribution >= 4 is 11.6 Å². The Morgan fingerprint density at radius 3 is 2.95 bits per heavy atom. The second-order valence-corrected chi connectivity index (χ2v) is 5.29. The van der Waals surface area contributed by atoms with Gasteiger partial charge in [-0.3, -0.25) is 4.79 Å². The molecule has 1 aliphatic rings. The van der Waals surface area contributed by atoms with Gasteiger partial charge in [-0.05, 0) is 30.7 Å². The number of benzene rings is 2. The van der Waals surface area contributed by atoms with Crippen molar-refractivity contribution in [3.05, 3.63) is 59.4 Å². The van der Waals surface area contributed by atoms with Gasteiger partial charge < -0.3 is 15.4 Å². The van der Waals surface area contributed by atoms with E-state index in [1.54, 1.807) is 12.1 Å². The van der Waals surface area contributed by atoms with E-state index in [-0.39, 0.29) is 24.4 Å². The predicted molar refractivity (Wildman–Crippen MR) is 82.2 cm³/mol. The number of amides is 1. The van der Waals surface area contributed by atoms with Crippen LogP contribution in [0.15, 0.2) is 42.5 Å². The van der Waals surface area contributed by atoms with Crippen LogP contribution in [0.5, 0.6) is 5.75 Å². The lowest BCUT2D eigenvalue weighted by atomic mass is 10.1. The standard InChI is InChI=1S/C17H17FN2O2/c1-11(19-9-13-4-2-3-5-14(13)18)12-6-7-16-15(8-12)20-17(21)10-22-16/h2-8,11,19H,9-10H2,1H3,(H,20,21). The average molecular weight is 300 g/mol. The van der Waals surface area contributed by atoms with E-state index in [2.05, 4.69) is 10.6 Å². The molecule has 0 saturated heterocycles. The molecule has 114 valence electrons. The summed E-state index contributed by atoms with van der Waals surface area (Å²) in [5.41, 5.74) is 2.30. The van der Waals surface area contributed by atoms with Crippen LogP contribution >= 0.6 is 0 Å². The summed E-state index contributed by atoms with van der Waals surface area (Å²) >= 11 is 0. The van der Waals surface area contributed by atoms with Crippen molar-refractivity contribution in [1.82, 2.24) is 5.32 Å². The number of rotatable bonds is 4. The van der Waals surface area contributed by atoms with Gasteiger partial charge in [0.2, 0.25) is 0 Å². The Hall–Kier alpha value is -2.40. The van der Waals surface area contributed by atoms with Crippen molar-refractivity contribution < 1.29 is 13.9 Å². The van der Waals surface area contributed by atoms with Gasteiger partial charge in [-0.1, -0.05) is 24.3 Å². The minimum Gasteiger partial charge on any atom is -0.482 e. The molecule has 1 aliphatic heterocycles. The summed E-state index contributed by atoms with van der Waals surface area (Å²) in [6, 6.07) is 12.4. The van der Waals surface area contributed by atoms with Gasteiger partial charge in [0, 0.05) is 18.2 Å². The number of nitrogens with one attached hydrogen (secondary N) is 2. The second-order valence-electron chi connectivity index (χ2n) is 5.29. The molecule has 2 N–H and O–H groups in total. The van der Waals surface area contributed by atoms with Gasteiger partial charge in [0.15, 0.2) is 6.61 Å². The van der Waals surface area contributed by atoms with Crippen molar-refractivity contribution in [3.8, 4) is 5.75 Å². The SMILES string of the molecule is CC(NCc1ccccc1F)c1ccc2c(c1)NC(=O)CO2. The largest absolute Gasteiger partial charge is 0.482 e. The highest BCUT2D eigenvalue weighted by Gasteiger charge is 2.17. The number of carbonyl (C=O) groups excluding carboxylic acids is 1. The smallest absolute Gasteiger partial charge is 0.262 e. The molecule has 1 amide bonds. The maximum Gasteiger partial charge on any atom is 0.262 e. The lowest BCUT2D eigenvalue weighted by molar-refractivity contribution is -0.118. The highest BCUT2D eigenvalue weighted by Crippen LogP contribution is 2.30. The Kier molecular flexibility index (Phi) is 4.06. The van der Waals surface area contributed by atoms with Crippen LogP contribution < -0.4 is 15.4 Å². The number of carbonyl (C=O) groups is 1. The van der Waals surface area contributed by atoms with Gasteiger partial charge in [0.1, 0.15) is 11.6 Å². The molecule has 1 heterocycles. The van der Waals surface area contributed by atoms with Crippen molar-refractivity contribution in [2.45, 2.75) is 19.5 Å². The predicted octanol–water partition coefficient (Wildman–Crippen LogP) is 3.01. The molecule has 0 bridgehead atoms. The summed E-state index contributed by atoms with van der Waals surface area (Å²) in [7, 11) is 0. The Morgan fingerprint density at radius 2 is 2.14 bits per heavy atom. The minimum absolute atomic E-state index is 0.0173. The molecule has 0 fully saturated rings. The first-order valence-electron chi connectivity index (χ1n) is 7.17. The van der Waals surface area contributed by atoms with Gasteiger partial charge in [0.25, 0.3) is 5.91 Å². The van der Waals surface area contributed by atoms with E-state index in [4.69, 9.17) is 4.74 Å². The normalized spacial score (nSPS) is 14.7. The summed E-state index contributed by atoms with van der Waals surface area (Å²) in [4.78, 5) is 11.4. The fourth-order valence-corrected chi connectivity index (χ4v) is 2.39. The zero-order valence-corrected chi connectivity index (χ0v) is 12.2. The van der Waals surface area contributed by atoms with Crippen LogP contribution in [0, 0.1) is 5.82 Å². The monoisotopic (exact) mass is 300 g/mol. The summed E-state index contributed by atoms with van der Waals surface area (Å²) in [6.45, 7) is 2.48. The van der Waals surface area contributed by atoms with Gasteiger partial charge in [-0.15, -0.1) is 0 Å². The van der Waals surface area contributed by atoms with Crippen LogP contribution in [-0.2, 0) is 11.3 Å². The Bertz CT molecular complexity index is 703. The van der Waals surface area contributed by atoms with E-state index in [0.717, 1.165) is 5.56 Å². The minimum atomic E-state index is -0.215. The molecule has 0 radical (unpaired) electrons. The highest BCUT2D eigenvalue weighted by atomic mass is 19.1. The van der Waals surface area contributed by atoms with Crippen molar-refractivity contribution in [3.63, 3.8) is 0 Å². The van der Waals surface area contributed by atoms with E-state index in [0.29, 0.717) is 23.5 Å². The van der Waals surface area contributed by atoms with Gasteiger partial charge in [-0.25, -0.2) is 4.39 Å². The molecular formula is C17H17FN2O2. The second kappa shape index (κ2) is 6.15. The summed E-state index contributed by atoms with van der Waals surface area (Å²) in [5.74, 6) is 0.301.